The van der Waals surface area contributed by atoms with E-state index in [2.05, 4.69) is 20.0 Å². The molecule has 4 nitrogen and oxygen atoms in total. The average Bonchev–Trinajstić information content (AvgIpc) is 2.32. The van der Waals surface area contributed by atoms with Gasteiger partial charge in [0.25, 0.3) is 0 Å². The number of rotatable bonds is 2. The second kappa shape index (κ2) is 2.78. The molecule has 0 spiro atoms. The number of nitrogens with one attached hydrogen (secondary N) is 1. The first-order valence-electron chi connectivity index (χ1n) is 3.59. The third-order valence-corrected chi connectivity index (χ3v) is 1.78. The van der Waals surface area contributed by atoms with Gasteiger partial charge in [0, 0.05) is 13.1 Å². The molecule has 1 aromatic heterocycles. The summed E-state index contributed by atoms with van der Waals surface area (Å²) in [6.07, 6.45) is -2.64. The molecule has 0 unspecified atom stereocenters. The zero-order chi connectivity index (χ0) is 8.55. The van der Waals surface area contributed by atoms with E-state index in [0.717, 1.165) is 13.1 Å². The van der Waals surface area contributed by atoms with Crippen LogP contribution in [0.15, 0.2) is 4.52 Å². The maximum absolute atomic E-state index is 12.0. The van der Waals surface area contributed by atoms with Crippen molar-refractivity contribution in [2.45, 2.75) is 12.3 Å². The number of hydrogen-bond acceptors (Lipinski definition) is 4. The van der Waals surface area contributed by atoms with Crippen LogP contribution in [0.5, 0.6) is 0 Å². The Labute approximate surface area is 67.0 Å². The topological polar surface area (TPSA) is 51.0 Å². The minimum absolute atomic E-state index is 0.116. The lowest BCUT2D eigenvalue weighted by atomic mass is 10.0. The standard InChI is InChI=1S/C6H7F2N3O/c7-4(8)5-10-6(12-11-5)3-1-9-2-3/h3-4,9H,1-2H2. The molecular formula is C6H7F2N3O. The number of aromatic nitrogens is 2. The van der Waals surface area contributed by atoms with E-state index in [0.29, 0.717) is 5.89 Å². The van der Waals surface area contributed by atoms with Crippen LogP contribution in [0.1, 0.15) is 24.1 Å². The zero-order valence-corrected chi connectivity index (χ0v) is 6.13. The van der Waals surface area contributed by atoms with Crippen molar-refractivity contribution in [1.29, 1.82) is 0 Å². The van der Waals surface area contributed by atoms with Gasteiger partial charge in [-0.2, -0.15) is 4.98 Å². The molecule has 1 aliphatic rings. The first-order chi connectivity index (χ1) is 5.77. The van der Waals surface area contributed by atoms with E-state index in [9.17, 15) is 8.78 Å². The summed E-state index contributed by atoms with van der Waals surface area (Å²) in [7, 11) is 0. The third kappa shape index (κ3) is 1.18. The lowest BCUT2D eigenvalue weighted by Crippen LogP contribution is -2.40. The summed E-state index contributed by atoms with van der Waals surface area (Å²) >= 11 is 0. The maximum atomic E-state index is 12.0. The van der Waals surface area contributed by atoms with Gasteiger partial charge in [-0.15, -0.1) is 0 Å². The van der Waals surface area contributed by atoms with Crippen molar-refractivity contribution < 1.29 is 13.3 Å². The van der Waals surface area contributed by atoms with Crippen molar-refractivity contribution in [1.82, 2.24) is 15.5 Å². The molecule has 2 heterocycles. The van der Waals surface area contributed by atoms with E-state index in [1.807, 2.05) is 0 Å². The molecule has 1 aliphatic heterocycles. The summed E-state index contributed by atoms with van der Waals surface area (Å²) in [5.74, 6) is -0.0917. The first-order valence-corrected chi connectivity index (χ1v) is 3.59. The number of hydrogen-bond donors (Lipinski definition) is 1. The van der Waals surface area contributed by atoms with Gasteiger partial charge in [-0.05, 0) is 0 Å². The third-order valence-electron chi connectivity index (χ3n) is 1.78. The van der Waals surface area contributed by atoms with Gasteiger partial charge >= 0.3 is 6.43 Å². The van der Waals surface area contributed by atoms with Crippen LogP contribution in [0, 0.1) is 0 Å². The summed E-state index contributed by atoms with van der Waals surface area (Å²) in [5.41, 5.74) is 0. The highest BCUT2D eigenvalue weighted by molar-refractivity contribution is 5.01. The Bertz CT molecular complexity index is 272. The molecule has 2 rings (SSSR count). The van der Waals surface area contributed by atoms with Crippen molar-refractivity contribution in [2.24, 2.45) is 0 Å². The van der Waals surface area contributed by atoms with Crippen molar-refractivity contribution in [2.75, 3.05) is 13.1 Å². The molecule has 66 valence electrons. The minimum Gasteiger partial charge on any atom is -0.339 e. The van der Waals surface area contributed by atoms with Crippen LogP contribution in [0.3, 0.4) is 0 Å². The van der Waals surface area contributed by atoms with Crippen LogP contribution in [-0.4, -0.2) is 23.2 Å². The minimum atomic E-state index is -2.64. The zero-order valence-electron chi connectivity index (χ0n) is 6.13. The summed E-state index contributed by atoms with van der Waals surface area (Å²) in [6.45, 7) is 1.45. The molecule has 0 amide bonds. The van der Waals surface area contributed by atoms with Gasteiger partial charge in [0.05, 0.1) is 5.92 Å². The Balaban J connectivity index is 2.12. The highest BCUT2D eigenvalue weighted by Crippen LogP contribution is 2.21. The van der Waals surface area contributed by atoms with Crippen LogP contribution in [-0.2, 0) is 0 Å². The Kier molecular flexibility index (Phi) is 1.76. The fourth-order valence-electron chi connectivity index (χ4n) is 0.965. The summed E-state index contributed by atoms with van der Waals surface area (Å²) < 4.78 is 28.6. The number of halogens is 2. The van der Waals surface area contributed by atoms with Gasteiger partial charge in [-0.25, -0.2) is 8.78 Å². The highest BCUT2D eigenvalue weighted by Gasteiger charge is 2.26. The fraction of sp³-hybridized carbons (Fsp3) is 0.667. The van der Waals surface area contributed by atoms with E-state index in [1.54, 1.807) is 0 Å². The van der Waals surface area contributed by atoms with Crippen molar-refractivity contribution in [3.05, 3.63) is 11.7 Å². The molecule has 0 atom stereocenters. The fourth-order valence-corrected chi connectivity index (χ4v) is 0.965. The largest absolute Gasteiger partial charge is 0.339 e. The second-order valence-electron chi connectivity index (χ2n) is 2.65. The summed E-state index contributed by atoms with van der Waals surface area (Å²) in [6, 6.07) is 0. The number of nitrogens with zero attached hydrogens (tertiary/aromatic N) is 2. The molecule has 0 aliphatic carbocycles. The van der Waals surface area contributed by atoms with Gasteiger partial charge < -0.3 is 9.84 Å². The Hall–Kier alpha value is -1.04. The smallest absolute Gasteiger partial charge is 0.300 e. The van der Waals surface area contributed by atoms with Crippen molar-refractivity contribution in [3.63, 3.8) is 0 Å². The molecule has 1 aromatic rings. The molecule has 0 saturated carbocycles. The summed E-state index contributed by atoms with van der Waals surface area (Å²) in [5, 5.41) is 6.14. The molecule has 0 aromatic carbocycles. The Morgan fingerprint density at radius 2 is 2.25 bits per heavy atom. The molecule has 1 N–H and O–H groups in total. The van der Waals surface area contributed by atoms with E-state index in [1.165, 1.54) is 0 Å². The molecule has 12 heavy (non-hydrogen) atoms. The molecule has 1 saturated heterocycles. The van der Waals surface area contributed by atoms with E-state index < -0.39 is 12.2 Å². The predicted octanol–water partition coefficient (Wildman–Crippen LogP) is 0.694. The lowest BCUT2D eigenvalue weighted by molar-refractivity contribution is 0.136. The molecule has 6 heteroatoms. The Morgan fingerprint density at radius 3 is 2.67 bits per heavy atom. The summed E-state index contributed by atoms with van der Waals surface area (Å²) in [4.78, 5) is 3.56. The average molecular weight is 175 g/mol. The van der Waals surface area contributed by atoms with E-state index in [4.69, 9.17) is 0 Å². The predicted molar refractivity (Wildman–Crippen MR) is 34.9 cm³/mol. The quantitative estimate of drug-likeness (QED) is 0.718. The van der Waals surface area contributed by atoms with Crippen LogP contribution in [0.25, 0.3) is 0 Å². The van der Waals surface area contributed by atoms with Gasteiger partial charge in [0.1, 0.15) is 0 Å². The van der Waals surface area contributed by atoms with Crippen LogP contribution >= 0.6 is 0 Å². The highest BCUT2D eigenvalue weighted by atomic mass is 19.3. The molecule has 1 fully saturated rings. The van der Waals surface area contributed by atoms with Crippen LogP contribution < -0.4 is 5.32 Å². The van der Waals surface area contributed by atoms with Crippen molar-refractivity contribution in [3.8, 4) is 0 Å². The molecule has 0 radical (unpaired) electrons. The first kappa shape index (κ1) is 7.60. The van der Waals surface area contributed by atoms with Gasteiger partial charge in [0.15, 0.2) is 0 Å². The van der Waals surface area contributed by atoms with Crippen LogP contribution in [0.4, 0.5) is 8.78 Å². The van der Waals surface area contributed by atoms with Crippen LogP contribution in [0.2, 0.25) is 0 Å². The Morgan fingerprint density at radius 1 is 1.50 bits per heavy atom. The SMILES string of the molecule is FC(F)c1noc(C2CNC2)n1. The van der Waals surface area contributed by atoms with Gasteiger partial charge in [-0.3, -0.25) is 0 Å². The van der Waals surface area contributed by atoms with E-state index >= 15 is 0 Å². The number of alkyl halides is 2. The maximum Gasteiger partial charge on any atom is 0.300 e. The lowest BCUT2D eigenvalue weighted by Gasteiger charge is -2.22. The monoisotopic (exact) mass is 175 g/mol. The van der Waals surface area contributed by atoms with E-state index in [-0.39, 0.29) is 5.92 Å². The molecule has 0 bridgehead atoms. The second-order valence-corrected chi connectivity index (χ2v) is 2.65. The van der Waals surface area contributed by atoms with Crippen molar-refractivity contribution >= 4 is 0 Å². The normalized spacial score (nSPS) is 18.2. The van der Waals surface area contributed by atoms with Gasteiger partial charge in [0.2, 0.25) is 11.7 Å². The molecular weight excluding hydrogens is 168 g/mol. The van der Waals surface area contributed by atoms with Gasteiger partial charge in [-0.1, -0.05) is 5.16 Å².